The molecule has 0 fully saturated rings. The third-order valence-electron chi connectivity index (χ3n) is 6.01. The molecule has 0 radical (unpaired) electrons. The predicted octanol–water partition coefficient (Wildman–Crippen LogP) is 3.83. The second kappa shape index (κ2) is 9.81. The van der Waals surface area contributed by atoms with Crippen molar-refractivity contribution in [2.75, 3.05) is 13.7 Å². The van der Waals surface area contributed by atoms with Gasteiger partial charge in [-0.15, -0.1) is 0 Å². The quantitative estimate of drug-likeness (QED) is 0.464. The Morgan fingerprint density at radius 2 is 2.03 bits per heavy atom. The number of aromatic nitrogens is 2. The Morgan fingerprint density at radius 1 is 1.26 bits per heavy atom. The van der Waals surface area contributed by atoms with Gasteiger partial charge < -0.3 is 20.1 Å². The number of aliphatic hydroxyl groups is 1. The summed E-state index contributed by atoms with van der Waals surface area (Å²) in [5, 5.41) is 13.4. The minimum atomic E-state index is -1.07. The van der Waals surface area contributed by atoms with Crippen LogP contribution in [0.3, 0.4) is 0 Å². The number of nitrogens with one attached hydrogen (secondary N) is 1. The summed E-state index contributed by atoms with van der Waals surface area (Å²) in [6, 6.07) is 11.5. The first-order chi connectivity index (χ1) is 16.6. The van der Waals surface area contributed by atoms with E-state index in [1.807, 2.05) is 38.1 Å². The molecule has 2 aromatic carbocycles. The molecule has 2 amide bonds. The maximum absolute atomic E-state index is 13.3. The smallest absolute Gasteiger partial charge is 0.255 e. The number of carbonyl (C=O) groups excluding carboxylic acids is 2. The van der Waals surface area contributed by atoms with Crippen LogP contribution in [0.1, 0.15) is 35.3 Å². The summed E-state index contributed by atoms with van der Waals surface area (Å²) in [7, 11) is 1.57. The zero-order valence-electron chi connectivity index (χ0n) is 19.4. The number of carbonyl (C=O) groups is 2. The van der Waals surface area contributed by atoms with Crippen LogP contribution in [0, 0.1) is 0 Å². The highest BCUT2D eigenvalue weighted by molar-refractivity contribution is 6.33. The molecule has 1 aliphatic rings. The van der Waals surface area contributed by atoms with Crippen LogP contribution in [-0.2, 0) is 16.9 Å². The lowest BCUT2D eigenvalue weighted by Gasteiger charge is -2.32. The molecule has 4 rings (SSSR count). The molecule has 1 aliphatic heterocycles. The average Bonchev–Trinajstić information content (AvgIpc) is 3.16. The van der Waals surface area contributed by atoms with Crippen molar-refractivity contribution in [3.8, 4) is 17.0 Å². The summed E-state index contributed by atoms with van der Waals surface area (Å²) >= 11 is 12.1. The van der Waals surface area contributed by atoms with Gasteiger partial charge in [-0.2, -0.15) is 0 Å². The zero-order valence-corrected chi connectivity index (χ0v) is 20.9. The van der Waals surface area contributed by atoms with Gasteiger partial charge in [-0.1, -0.05) is 35.9 Å². The standard InChI is InChI=1S/C25H24Cl2N4O4/c1-25(2,16-5-4-6-17(10-16)35-3)30-22(33)20(13-32)31-12-15-8-7-14(9-18(15)23(31)34)21-19(26)11-28-24(27)29-21/h4-11,20,32H,12-13H2,1-3H3,(H,30,33). The molecule has 2 heterocycles. The van der Waals surface area contributed by atoms with Crippen molar-refractivity contribution in [1.29, 1.82) is 0 Å². The van der Waals surface area contributed by atoms with Gasteiger partial charge in [0.05, 0.1) is 36.2 Å². The zero-order chi connectivity index (χ0) is 25.3. The van der Waals surface area contributed by atoms with Crippen LogP contribution in [0.4, 0.5) is 0 Å². The maximum atomic E-state index is 13.3. The summed E-state index contributed by atoms with van der Waals surface area (Å²) < 4.78 is 5.28. The SMILES string of the molecule is COc1cccc(C(C)(C)NC(=O)C(CO)N2Cc3ccc(-c4nc(Cl)ncc4Cl)cc3C2=O)c1. The lowest BCUT2D eigenvalue weighted by Crippen LogP contribution is -2.53. The van der Waals surface area contributed by atoms with E-state index in [-0.39, 0.29) is 17.7 Å². The van der Waals surface area contributed by atoms with Crippen LogP contribution in [0.25, 0.3) is 11.3 Å². The van der Waals surface area contributed by atoms with E-state index < -0.39 is 24.1 Å². The molecule has 1 atom stereocenters. The monoisotopic (exact) mass is 514 g/mol. The fourth-order valence-electron chi connectivity index (χ4n) is 4.07. The normalized spacial score (nSPS) is 14.0. The molecule has 1 unspecified atom stereocenters. The molecule has 0 aliphatic carbocycles. The minimum absolute atomic E-state index is 0.0357. The predicted molar refractivity (Wildman–Crippen MR) is 132 cm³/mol. The Balaban J connectivity index is 1.56. The second-order valence-electron chi connectivity index (χ2n) is 8.69. The van der Waals surface area contributed by atoms with Gasteiger partial charge in [-0.25, -0.2) is 9.97 Å². The number of benzene rings is 2. The van der Waals surface area contributed by atoms with E-state index in [4.69, 9.17) is 27.9 Å². The lowest BCUT2D eigenvalue weighted by molar-refractivity contribution is -0.128. The Morgan fingerprint density at radius 3 is 2.74 bits per heavy atom. The van der Waals surface area contributed by atoms with Crippen molar-refractivity contribution in [3.05, 3.63) is 75.7 Å². The third-order valence-corrected chi connectivity index (χ3v) is 6.47. The number of hydrogen-bond acceptors (Lipinski definition) is 6. The highest BCUT2D eigenvalue weighted by Crippen LogP contribution is 2.32. The molecular weight excluding hydrogens is 491 g/mol. The van der Waals surface area contributed by atoms with E-state index in [0.29, 0.717) is 27.6 Å². The summed E-state index contributed by atoms with van der Waals surface area (Å²) in [5.41, 5.74) is 2.18. The van der Waals surface area contributed by atoms with Gasteiger partial charge in [0.25, 0.3) is 5.91 Å². The highest BCUT2D eigenvalue weighted by Gasteiger charge is 2.38. The Bertz CT molecular complexity index is 1300. The summed E-state index contributed by atoms with van der Waals surface area (Å²) in [4.78, 5) is 35.9. The van der Waals surface area contributed by atoms with Gasteiger partial charge in [0.1, 0.15) is 11.8 Å². The van der Waals surface area contributed by atoms with Crippen molar-refractivity contribution in [2.45, 2.75) is 32.0 Å². The first-order valence-corrected chi connectivity index (χ1v) is 11.6. The number of hydrogen-bond donors (Lipinski definition) is 2. The van der Waals surface area contributed by atoms with Gasteiger partial charge in [0.2, 0.25) is 11.2 Å². The van der Waals surface area contributed by atoms with Gasteiger partial charge in [0.15, 0.2) is 0 Å². The van der Waals surface area contributed by atoms with Crippen molar-refractivity contribution in [3.63, 3.8) is 0 Å². The molecular formula is C25H24Cl2N4O4. The molecule has 35 heavy (non-hydrogen) atoms. The topological polar surface area (TPSA) is 105 Å². The first-order valence-electron chi connectivity index (χ1n) is 10.8. The number of rotatable bonds is 7. The summed E-state index contributed by atoms with van der Waals surface area (Å²) in [5.74, 6) is -0.173. The summed E-state index contributed by atoms with van der Waals surface area (Å²) in [6.45, 7) is 3.35. The Kier molecular flexibility index (Phi) is 6.98. The fraction of sp³-hybridized carbons (Fsp3) is 0.280. The van der Waals surface area contributed by atoms with Gasteiger partial charge >= 0.3 is 0 Å². The first kappa shape index (κ1) is 24.9. The number of fused-ring (bicyclic) bond motifs is 1. The Hall–Kier alpha value is -3.20. The van der Waals surface area contributed by atoms with Gasteiger partial charge in [-0.05, 0) is 54.8 Å². The number of nitrogens with zero attached hydrogens (tertiary/aromatic N) is 3. The van der Waals surface area contributed by atoms with Gasteiger partial charge in [-0.3, -0.25) is 9.59 Å². The van der Waals surface area contributed by atoms with Crippen molar-refractivity contribution in [1.82, 2.24) is 20.2 Å². The molecule has 0 saturated heterocycles. The molecule has 2 N–H and O–H groups in total. The lowest BCUT2D eigenvalue weighted by atomic mass is 9.93. The van der Waals surface area contributed by atoms with E-state index in [2.05, 4.69) is 15.3 Å². The van der Waals surface area contributed by atoms with Crippen LogP contribution < -0.4 is 10.1 Å². The van der Waals surface area contributed by atoms with Crippen LogP contribution in [0.5, 0.6) is 5.75 Å². The van der Waals surface area contributed by atoms with E-state index in [1.165, 1.54) is 11.1 Å². The van der Waals surface area contributed by atoms with Crippen LogP contribution >= 0.6 is 23.2 Å². The van der Waals surface area contributed by atoms with Crippen molar-refractivity contribution in [2.24, 2.45) is 0 Å². The molecule has 1 aromatic heterocycles. The third kappa shape index (κ3) is 4.96. The molecule has 8 nitrogen and oxygen atoms in total. The van der Waals surface area contributed by atoms with Crippen molar-refractivity contribution >= 4 is 35.0 Å². The van der Waals surface area contributed by atoms with E-state index in [9.17, 15) is 14.7 Å². The van der Waals surface area contributed by atoms with E-state index in [0.717, 1.165) is 11.1 Å². The molecule has 182 valence electrons. The molecule has 0 spiro atoms. The fourth-order valence-corrected chi connectivity index (χ4v) is 4.40. The van der Waals surface area contributed by atoms with Crippen LogP contribution in [0.2, 0.25) is 10.3 Å². The minimum Gasteiger partial charge on any atom is -0.497 e. The van der Waals surface area contributed by atoms with Gasteiger partial charge in [0, 0.05) is 17.7 Å². The van der Waals surface area contributed by atoms with E-state index in [1.54, 1.807) is 25.3 Å². The second-order valence-corrected chi connectivity index (χ2v) is 9.43. The largest absolute Gasteiger partial charge is 0.497 e. The molecule has 3 aromatic rings. The summed E-state index contributed by atoms with van der Waals surface area (Å²) in [6.07, 6.45) is 1.39. The Labute approximate surface area is 212 Å². The number of aliphatic hydroxyl groups excluding tert-OH is 1. The van der Waals surface area contributed by atoms with E-state index >= 15 is 0 Å². The number of methoxy groups -OCH3 is 1. The molecule has 0 bridgehead atoms. The number of halogens is 2. The van der Waals surface area contributed by atoms with Crippen molar-refractivity contribution < 1.29 is 19.4 Å². The average molecular weight is 515 g/mol. The maximum Gasteiger partial charge on any atom is 0.255 e. The highest BCUT2D eigenvalue weighted by atomic mass is 35.5. The van der Waals surface area contributed by atoms with Crippen LogP contribution in [0.15, 0.2) is 48.7 Å². The number of ether oxygens (including phenoxy) is 1. The molecule has 0 saturated carbocycles. The van der Waals surface area contributed by atoms with Crippen LogP contribution in [-0.4, -0.2) is 51.5 Å². The number of amides is 2. The molecule has 10 heteroatoms.